The van der Waals surface area contributed by atoms with E-state index in [2.05, 4.69) is 15.2 Å². The summed E-state index contributed by atoms with van der Waals surface area (Å²) in [6.45, 7) is 7.55. The van der Waals surface area contributed by atoms with Gasteiger partial charge in [-0.05, 0) is 68.8 Å². The van der Waals surface area contributed by atoms with E-state index in [4.69, 9.17) is 9.47 Å². The standard InChI is InChI=1S/C20H25N3O5S/c1-5-27-20-12-16(6-11-19(20)28-14(2)3)13-21-23-29(25,26)18-9-7-17(8-10-18)22-15(4)24/h6-14,23H,5H2,1-4H3,(H,22,24). The maximum absolute atomic E-state index is 12.3. The third kappa shape index (κ3) is 6.79. The van der Waals surface area contributed by atoms with Gasteiger partial charge in [-0.25, -0.2) is 4.83 Å². The highest BCUT2D eigenvalue weighted by Crippen LogP contribution is 2.29. The molecule has 0 aromatic heterocycles. The van der Waals surface area contributed by atoms with Gasteiger partial charge in [-0.15, -0.1) is 0 Å². The fraction of sp³-hybridized carbons (Fsp3) is 0.300. The molecule has 0 atom stereocenters. The predicted octanol–water partition coefficient (Wildman–Crippen LogP) is 3.14. The number of carbonyl (C=O) groups is 1. The molecule has 156 valence electrons. The van der Waals surface area contributed by atoms with Crippen LogP contribution in [0.25, 0.3) is 0 Å². The second-order valence-corrected chi connectivity index (χ2v) is 8.03. The summed E-state index contributed by atoms with van der Waals surface area (Å²) in [4.78, 5) is 13.2. The molecule has 2 aromatic rings. The zero-order chi connectivity index (χ0) is 21.4. The normalized spacial score (nSPS) is 11.5. The smallest absolute Gasteiger partial charge is 0.276 e. The molecule has 0 saturated heterocycles. The minimum absolute atomic E-state index is 0.00225. The predicted molar refractivity (Wildman–Crippen MR) is 112 cm³/mol. The molecule has 0 heterocycles. The van der Waals surface area contributed by atoms with Crippen molar-refractivity contribution in [1.82, 2.24) is 4.83 Å². The minimum Gasteiger partial charge on any atom is -0.490 e. The van der Waals surface area contributed by atoms with Crippen LogP contribution in [0.3, 0.4) is 0 Å². The number of hydrogen-bond donors (Lipinski definition) is 2. The summed E-state index contributed by atoms with van der Waals surface area (Å²) in [7, 11) is -3.84. The van der Waals surface area contributed by atoms with Crippen molar-refractivity contribution in [2.24, 2.45) is 5.10 Å². The molecule has 0 radical (unpaired) electrons. The largest absolute Gasteiger partial charge is 0.490 e. The van der Waals surface area contributed by atoms with Crippen molar-refractivity contribution in [3.63, 3.8) is 0 Å². The third-order valence-corrected chi connectivity index (χ3v) is 4.74. The van der Waals surface area contributed by atoms with Gasteiger partial charge in [-0.3, -0.25) is 4.79 Å². The summed E-state index contributed by atoms with van der Waals surface area (Å²) >= 11 is 0. The van der Waals surface area contributed by atoms with E-state index in [-0.39, 0.29) is 16.9 Å². The number of benzene rings is 2. The second kappa shape index (κ2) is 9.92. The third-order valence-electron chi connectivity index (χ3n) is 3.50. The van der Waals surface area contributed by atoms with Crippen LogP contribution >= 0.6 is 0 Å². The van der Waals surface area contributed by atoms with Crippen LogP contribution in [0, 0.1) is 0 Å². The highest BCUT2D eigenvalue weighted by Gasteiger charge is 2.13. The lowest BCUT2D eigenvalue weighted by Crippen LogP contribution is -2.18. The van der Waals surface area contributed by atoms with Crippen molar-refractivity contribution in [2.45, 2.75) is 38.7 Å². The fourth-order valence-corrected chi connectivity index (χ4v) is 3.16. The van der Waals surface area contributed by atoms with Crippen LogP contribution in [0.2, 0.25) is 0 Å². The van der Waals surface area contributed by atoms with Gasteiger partial charge in [0.25, 0.3) is 10.0 Å². The molecular weight excluding hydrogens is 394 g/mol. The summed E-state index contributed by atoms with van der Waals surface area (Å²) in [5.74, 6) is 0.931. The van der Waals surface area contributed by atoms with Crippen molar-refractivity contribution in [2.75, 3.05) is 11.9 Å². The van der Waals surface area contributed by atoms with Gasteiger partial charge in [-0.2, -0.15) is 13.5 Å². The Morgan fingerprint density at radius 1 is 1.14 bits per heavy atom. The number of nitrogens with zero attached hydrogens (tertiary/aromatic N) is 1. The molecule has 0 unspecified atom stereocenters. The molecule has 29 heavy (non-hydrogen) atoms. The molecule has 0 fully saturated rings. The highest BCUT2D eigenvalue weighted by molar-refractivity contribution is 7.89. The Hall–Kier alpha value is -3.07. The van der Waals surface area contributed by atoms with E-state index in [9.17, 15) is 13.2 Å². The first-order chi connectivity index (χ1) is 13.7. The summed E-state index contributed by atoms with van der Waals surface area (Å²) in [6, 6.07) is 11.0. The van der Waals surface area contributed by atoms with Crippen molar-refractivity contribution in [3.05, 3.63) is 48.0 Å². The Kier molecular flexibility index (Phi) is 7.60. The molecule has 9 heteroatoms. The van der Waals surface area contributed by atoms with E-state index >= 15 is 0 Å². The summed E-state index contributed by atoms with van der Waals surface area (Å²) in [5.41, 5.74) is 1.15. The van der Waals surface area contributed by atoms with Crippen LogP contribution < -0.4 is 19.6 Å². The van der Waals surface area contributed by atoms with Crippen LogP contribution in [-0.4, -0.2) is 33.3 Å². The molecule has 0 aliphatic heterocycles. The van der Waals surface area contributed by atoms with Gasteiger partial charge in [0, 0.05) is 12.6 Å². The number of sulfonamides is 1. The highest BCUT2D eigenvalue weighted by atomic mass is 32.2. The fourth-order valence-electron chi connectivity index (χ4n) is 2.37. The van der Waals surface area contributed by atoms with Crippen LogP contribution in [0.1, 0.15) is 33.3 Å². The van der Waals surface area contributed by atoms with Gasteiger partial charge in [0.1, 0.15) is 0 Å². The molecule has 2 aromatic carbocycles. The van der Waals surface area contributed by atoms with E-state index in [0.29, 0.717) is 29.4 Å². The molecule has 2 rings (SSSR count). The van der Waals surface area contributed by atoms with Crippen LogP contribution in [-0.2, 0) is 14.8 Å². The lowest BCUT2D eigenvalue weighted by atomic mass is 10.2. The van der Waals surface area contributed by atoms with Crippen LogP contribution in [0.15, 0.2) is 52.5 Å². The van der Waals surface area contributed by atoms with Gasteiger partial charge >= 0.3 is 0 Å². The minimum atomic E-state index is -3.84. The molecule has 0 saturated carbocycles. The van der Waals surface area contributed by atoms with Crippen LogP contribution in [0.5, 0.6) is 11.5 Å². The number of carbonyl (C=O) groups excluding carboxylic acids is 1. The lowest BCUT2D eigenvalue weighted by Gasteiger charge is -2.14. The van der Waals surface area contributed by atoms with E-state index in [1.165, 1.54) is 37.4 Å². The van der Waals surface area contributed by atoms with Crippen molar-refractivity contribution < 1.29 is 22.7 Å². The maximum atomic E-state index is 12.3. The topological polar surface area (TPSA) is 106 Å². The second-order valence-electron chi connectivity index (χ2n) is 6.36. The first-order valence-electron chi connectivity index (χ1n) is 9.07. The maximum Gasteiger partial charge on any atom is 0.276 e. The number of rotatable bonds is 9. The summed E-state index contributed by atoms with van der Waals surface area (Å²) in [5, 5.41) is 6.40. The molecule has 8 nitrogen and oxygen atoms in total. The first-order valence-corrected chi connectivity index (χ1v) is 10.6. The quantitative estimate of drug-likeness (QED) is 0.480. The van der Waals surface area contributed by atoms with E-state index < -0.39 is 10.0 Å². The SMILES string of the molecule is CCOc1cc(C=NNS(=O)(=O)c2ccc(NC(C)=O)cc2)ccc1OC(C)C. The van der Waals surface area contributed by atoms with Gasteiger partial charge in [-0.1, -0.05) is 0 Å². The average molecular weight is 420 g/mol. The van der Waals surface area contributed by atoms with Gasteiger partial charge in [0.15, 0.2) is 11.5 Å². The Labute approximate surface area is 171 Å². The molecule has 1 amide bonds. The molecule has 0 aliphatic rings. The summed E-state index contributed by atoms with van der Waals surface area (Å²) in [6.07, 6.45) is 1.38. The number of hydrazone groups is 1. The van der Waals surface area contributed by atoms with Gasteiger partial charge in [0.05, 0.1) is 23.8 Å². The Bertz CT molecular complexity index is 970. The lowest BCUT2D eigenvalue weighted by molar-refractivity contribution is -0.114. The van der Waals surface area contributed by atoms with Crippen molar-refractivity contribution >= 4 is 27.8 Å². The number of amides is 1. The number of ether oxygens (including phenoxy) is 2. The van der Waals surface area contributed by atoms with Gasteiger partial charge < -0.3 is 14.8 Å². The first kappa shape index (κ1) is 22.2. The van der Waals surface area contributed by atoms with Crippen molar-refractivity contribution in [1.29, 1.82) is 0 Å². The zero-order valence-corrected chi connectivity index (χ0v) is 17.6. The van der Waals surface area contributed by atoms with E-state index in [1.54, 1.807) is 18.2 Å². The monoisotopic (exact) mass is 419 g/mol. The average Bonchev–Trinajstić information content (AvgIpc) is 2.63. The zero-order valence-electron chi connectivity index (χ0n) is 16.8. The molecule has 0 aliphatic carbocycles. The summed E-state index contributed by atoms with van der Waals surface area (Å²) < 4.78 is 36.0. The van der Waals surface area contributed by atoms with Crippen molar-refractivity contribution in [3.8, 4) is 11.5 Å². The number of hydrogen-bond acceptors (Lipinski definition) is 6. The Balaban J connectivity index is 2.11. The Morgan fingerprint density at radius 2 is 1.83 bits per heavy atom. The van der Waals surface area contributed by atoms with E-state index in [0.717, 1.165) is 0 Å². The molecule has 0 spiro atoms. The van der Waals surface area contributed by atoms with Crippen LogP contribution in [0.4, 0.5) is 5.69 Å². The Morgan fingerprint density at radius 3 is 2.41 bits per heavy atom. The number of nitrogens with one attached hydrogen (secondary N) is 2. The molecular formula is C20H25N3O5S. The molecule has 2 N–H and O–H groups in total. The molecule has 0 bridgehead atoms. The number of anilines is 1. The van der Waals surface area contributed by atoms with E-state index in [1.807, 2.05) is 20.8 Å². The van der Waals surface area contributed by atoms with Gasteiger partial charge in [0.2, 0.25) is 5.91 Å².